The van der Waals surface area contributed by atoms with E-state index in [9.17, 15) is 0 Å². The summed E-state index contributed by atoms with van der Waals surface area (Å²) in [6, 6.07) is 83.0. The number of hydrogen-bond acceptors (Lipinski definition) is 1. The Morgan fingerprint density at radius 3 is 1.32 bits per heavy atom. The lowest BCUT2D eigenvalue weighted by Gasteiger charge is -2.47. The highest BCUT2D eigenvalue weighted by Crippen LogP contribution is 2.64. The first-order valence-corrected chi connectivity index (χ1v) is 20.7. The minimum Gasteiger partial charge on any atom is -0.309 e. The molecular formula is C58H43N. The average Bonchev–Trinajstić information content (AvgIpc) is 3.61. The highest BCUT2D eigenvalue weighted by Gasteiger charge is 2.54. The number of fused-ring (bicyclic) bond motifs is 9. The minimum absolute atomic E-state index is 0.251. The summed E-state index contributed by atoms with van der Waals surface area (Å²) in [5.74, 6) is 0. The molecular weight excluding hydrogens is 711 g/mol. The zero-order chi connectivity index (χ0) is 39.6. The van der Waals surface area contributed by atoms with Crippen LogP contribution in [0.15, 0.2) is 224 Å². The fraction of sp³-hybridized carbons (Fsp3) is 0.0690. The fourth-order valence-corrected chi connectivity index (χ4v) is 10.4. The van der Waals surface area contributed by atoms with Gasteiger partial charge in [-0.1, -0.05) is 214 Å². The Morgan fingerprint density at radius 2 is 0.729 bits per heavy atom. The van der Waals surface area contributed by atoms with Crippen LogP contribution in [0, 0.1) is 0 Å². The largest absolute Gasteiger partial charge is 0.309 e. The Labute approximate surface area is 347 Å². The second-order valence-electron chi connectivity index (χ2n) is 16.4. The summed E-state index contributed by atoms with van der Waals surface area (Å²) in [4.78, 5) is 2.51. The Hall–Kier alpha value is -7.22. The van der Waals surface area contributed by atoms with Crippen molar-refractivity contribution < 1.29 is 0 Å². The van der Waals surface area contributed by atoms with E-state index in [4.69, 9.17) is 0 Å². The maximum atomic E-state index is 2.54. The third-order valence-corrected chi connectivity index (χ3v) is 13.0. The van der Waals surface area contributed by atoms with E-state index in [-0.39, 0.29) is 5.41 Å². The second kappa shape index (κ2) is 13.7. The predicted octanol–water partition coefficient (Wildman–Crippen LogP) is 15.2. The van der Waals surface area contributed by atoms with Crippen LogP contribution in [0.5, 0.6) is 0 Å². The molecule has 0 fully saturated rings. The monoisotopic (exact) mass is 753 g/mol. The zero-order valence-electron chi connectivity index (χ0n) is 33.3. The maximum Gasteiger partial charge on any atom is 0.0720 e. The van der Waals surface area contributed by atoms with E-state index in [0.717, 1.165) is 17.1 Å². The number of nitrogens with zero attached hydrogens (tertiary/aromatic N) is 1. The van der Waals surface area contributed by atoms with Crippen LogP contribution in [-0.2, 0) is 10.8 Å². The summed E-state index contributed by atoms with van der Waals surface area (Å²) in [7, 11) is 0. The molecule has 2 aliphatic carbocycles. The Kier molecular flexibility index (Phi) is 8.13. The molecule has 9 aromatic rings. The second-order valence-corrected chi connectivity index (χ2v) is 16.4. The van der Waals surface area contributed by atoms with Crippen molar-refractivity contribution in [1.29, 1.82) is 0 Å². The van der Waals surface area contributed by atoms with Gasteiger partial charge < -0.3 is 4.90 Å². The molecule has 0 radical (unpaired) electrons. The molecule has 0 bridgehead atoms. The first-order chi connectivity index (χ1) is 29.1. The molecule has 0 heterocycles. The van der Waals surface area contributed by atoms with E-state index in [1.165, 1.54) is 77.9 Å². The van der Waals surface area contributed by atoms with Gasteiger partial charge in [0.25, 0.3) is 0 Å². The van der Waals surface area contributed by atoms with Gasteiger partial charge in [-0.15, -0.1) is 0 Å². The van der Waals surface area contributed by atoms with Crippen LogP contribution in [-0.4, -0.2) is 0 Å². The zero-order valence-corrected chi connectivity index (χ0v) is 33.3. The molecule has 9 aromatic carbocycles. The van der Waals surface area contributed by atoms with Gasteiger partial charge in [0, 0.05) is 22.2 Å². The van der Waals surface area contributed by atoms with E-state index < -0.39 is 5.41 Å². The normalized spacial score (nSPS) is 15.5. The van der Waals surface area contributed by atoms with Gasteiger partial charge in [0.2, 0.25) is 0 Å². The van der Waals surface area contributed by atoms with Gasteiger partial charge in [-0.25, -0.2) is 0 Å². The van der Waals surface area contributed by atoms with Gasteiger partial charge >= 0.3 is 0 Å². The van der Waals surface area contributed by atoms with Crippen molar-refractivity contribution in [2.75, 3.05) is 4.90 Å². The summed E-state index contributed by atoms with van der Waals surface area (Å²) in [5, 5.41) is 0. The van der Waals surface area contributed by atoms with Crippen molar-refractivity contribution in [3.8, 4) is 44.5 Å². The third-order valence-electron chi connectivity index (χ3n) is 13.0. The van der Waals surface area contributed by atoms with Crippen LogP contribution in [0.25, 0.3) is 44.5 Å². The third kappa shape index (κ3) is 5.25. The first kappa shape index (κ1) is 35.0. The molecule has 1 atom stereocenters. The van der Waals surface area contributed by atoms with Crippen molar-refractivity contribution >= 4 is 17.1 Å². The fourth-order valence-electron chi connectivity index (χ4n) is 10.4. The van der Waals surface area contributed by atoms with Gasteiger partial charge in [-0.05, 0) is 91.0 Å². The molecule has 59 heavy (non-hydrogen) atoms. The molecule has 280 valence electrons. The average molecular weight is 754 g/mol. The lowest BCUT2D eigenvalue weighted by atomic mass is 9.55. The van der Waals surface area contributed by atoms with E-state index in [0.29, 0.717) is 0 Å². The molecule has 1 unspecified atom stereocenters. The van der Waals surface area contributed by atoms with Crippen molar-refractivity contribution in [2.45, 2.75) is 24.7 Å². The predicted molar refractivity (Wildman–Crippen MR) is 247 cm³/mol. The van der Waals surface area contributed by atoms with Gasteiger partial charge in [0.15, 0.2) is 0 Å². The molecule has 0 saturated heterocycles. The van der Waals surface area contributed by atoms with Crippen molar-refractivity contribution in [3.05, 3.63) is 258 Å². The molecule has 0 aromatic heterocycles. The van der Waals surface area contributed by atoms with Crippen LogP contribution < -0.4 is 4.90 Å². The number of para-hydroxylation sites is 2. The molecule has 1 spiro atoms. The first-order valence-electron chi connectivity index (χ1n) is 20.7. The maximum absolute atomic E-state index is 2.54. The Bertz CT molecular complexity index is 2930. The molecule has 2 aliphatic rings. The van der Waals surface area contributed by atoms with Crippen molar-refractivity contribution in [3.63, 3.8) is 0 Å². The van der Waals surface area contributed by atoms with Crippen LogP contribution in [0.2, 0.25) is 0 Å². The van der Waals surface area contributed by atoms with E-state index >= 15 is 0 Å². The summed E-state index contributed by atoms with van der Waals surface area (Å²) in [6.45, 7) is 4.82. The highest BCUT2D eigenvalue weighted by atomic mass is 15.1. The summed E-state index contributed by atoms with van der Waals surface area (Å²) < 4.78 is 0. The van der Waals surface area contributed by atoms with Gasteiger partial charge in [0.05, 0.1) is 16.8 Å². The molecule has 11 rings (SSSR count). The van der Waals surface area contributed by atoms with Crippen LogP contribution >= 0.6 is 0 Å². The Balaban J connectivity index is 1.25. The Morgan fingerprint density at radius 1 is 0.305 bits per heavy atom. The van der Waals surface area contributed by atoms with E-state index in [1.807, 2.05) is 0 Å². The number of benzene rings is 9. The lowest BCUT2D eigenvalue weighted by molar-refractivity contribution is 0.563. The molecule has 0 saturated carbocycles. The van der Waals surface area contributed by atoms with E-state index in [1.54, 1.807) is 0 Å². The van der Waals surface area contributed by atoms with Crippen molar-refractivity contribution in [2.24, 2.45) is 0 Å². The summed E-state index contributed by atoms with van der Waals surface area (Å²) >= 11 is 0. The lowest BCUT2D eigenvalue weighted by Crippen LogP contribution is -2.40. The van der Waals surface area contributed by atoms with E-state index in [2.05, 4.69) is 243 Å². The summed E-state index contributed by atoms with van der Waals surface area (Å²) in [5.41, 5.74) is 20.5. The summed E-state index contributed by atoms with van der Waals surface area (Å²) in [6.07, 6.45) is 0. The number of rotatable bonds is 6. The van der Waals surface area contributed by atoms with Gasteiger partial charge in [0.1, 0.15) is 0 Å². The van der Waals surface area contributed by atoms with Crippen LogP contribution in [0.1, 0.15) is 47.2 Å². The molecule has 1 heteroatoms. The smallest absolute Gasteiger partial charge is 0.0720 e. The standard InChI is InChI=1S/C58H43N/c1-57(2)49-32-16-17-33-51(49)58(48-31-15-12-29-47(48)56-46(30-20-34-52(56)58)42-25-10-5-11-26-42)53-39-43(37-38-50(53)57)59(54-35-18-13-27-44(54)40-21-6-3-7-22-40)55-36-19-14-28-45(55)41-23-8-4-9-24-41/h3-39H,1-2H3. The van der Waals surface area contributed by atoms with Crippen molar-refractivity contribution in [1.82, 2.24) is 0 Å². The molecule has 0 N–H and O–H groups in total. The van der Waals surface area contributed by atoms with Gasteiger partial charge in [-0.2, -0.15) is 0 Å². The number of anilines is 3. The number of hydrogen-bond donors (Lipinski definition) is 0. The van der Waals surface area contributed by atoms with Gasteiger partial charge in [-0.3, -0.25) is 0 Å². The highest BCUT2D eigenvalue weighted by molar-refractivity contribution is 5.98. The van der Waals surface area contributed by atoms with Crippen LogP contribution in [0.4, 0.5) is 17.1 Å². The quantitative estimate of drug-likeness (QED) is 0.163. The molecule has 1 nitrogen and oxygen atoms in total. The minimum atomic E-state index is -0.558. The molecule has 0 amide bonds. The molecule has 0 aliphatic heterocycles. The van der Waals surface area contributed by atoms with Crippen LogP contribution in [0.3, 0.4) is 0 Å². The topological polar surface area (TPSA) is 3.24 Å². The SMILES string of the molecule is CC1(C)c2ccccc2C2(c3ccccc3-c3c(-c4ccccc4)cccc32)c2cc(N(c3ccccc3-c3ccccc3)c3ccccc3-c3ccccc3)ccc21.